The number of hydrogen-bond donors (Lipinski definition) is 1. The number of nitrogens with one attached hydrogen (secondary N) is 1. The fraction of sp³-hybridized carbons (Fsp3) is 0.438. The highest BCUT2D eigenvalue weighted by molar-refractivity contribution is 9.10. The van der Waals surface area contributed by atoms with Crippen LogP contribution in [0.15, 0.2) is 56.9 Å². The van der Waals surface area contributed by atoms with Crippen molar-refractivity contribution in [2.75, 3.05) is 7.11 Å². The summed E-state index contributed by atoms with van der Waals surface area (Å²) in [5, 5.41) is 6.93. The van der Waals surface area contributed by atoms with E-state index in [0.717, 1.165) is 3.97 Å². The average Bonchev–Trinajstić information content (AvgIpc) is 3.73. The van der Waals surface area contributed by atoms with Gasteiger partial charge in [-0.1, -0.05) is 39.0 Å². The highest BCUT2D eigenvalue weighted by Gasteiger charge is 2.46. The summed E-state index contributed by atoms with van der Waals surface area (Å²) in [5.74, 6) is -0.879. The molecule has 0 spiro atoms. The molecule has 4 heterocycles. The third kappa shape index (κ3) is 5.73. The van der Waals surface area contributed by atoms with Crippen LogP contribution in [0.4, 0.5) is 9.18 Å². The Bertz CT molecular complexity index is 2270. The molecule has 1 aliphatic rings. The van der Waals surface area contributed by atoms with Crippen molar-refractivity contribution < 1.29 is 26.8 Å². The average molecular weight is 777 g/mol. The summed E-state index contributed by atoms with van der Waals surface area (Å²) in [6.45, 7) is 10.6. The Morgan fingerprint density at radius 2 is 1.82 bits per heavy atom. The number of carbonyl (C=O) groups is 1. The van der Waals surface area contributed by atoms with Crippen LogP contribution < -0.4 is 11.0 Å². The summed E-state index contributed by atoms with van der Waals surface area (Å²) in [5.41, 5.74) is 0.388. The van der Waals surface area contributed by atoms with Gasteiger partial charge in [0.05, 0.1) is 62.5 Å². The first-order valence-corrected chi connectivity index (χ1v) is 20.9. The van der Waals surface area contributed by atoms with Crippen LogP contribution in [0, 0.1) is 5.95 Å². The number of aromatic nitrogens is 6. The minimum atomic E-state index is -4.35. The van der Waals surface area contributed by atoms with Gasteiger partial charge < -0.3 is 14.5 Å². The molecular weight excluding hydrogens is 737 g/mol. The number of pyridine rings is 1. The molecule has 0 unspecified atom stereocenters. The summed E-state index contributed by atoms with van der Waals surface area (Å²) in [6.07, 6.45) is 2.52. The number of hydrogen-bond acceptors (Lipinski definition) is 8. The minimum Gasteiger partial charge on any atom is -0.453 e. The van der Waals surface area contributed by atoms with E-state index >= 15 is 4.39 Å². The standard InChI is InChI=1S/C32H39BrFN7O6SSi/c1-32(2,3)49(7,8)47-23-15-18(14-21(23)36-30(42)46-6)40-27-22(39(5)31(40)43)16-35-29-24(27)25(33)26(20-17-38(4)37-28(20)34)41(29)48(44,45)19-12-10-9-11-13-19/h9-13,16-18,21,23H,14-15H2,1-8H3,(H,36,42)/t18-,21-,23+/m0/s1. The molecule has 6 rings (SSSR count). The number of alkyl carbamates (subject to hydrolysis) is 1. The predicted octanol–water partition coefficient (Wildman–Crippen LogP) is 5.68. The van der Waals surface area contributed by atoms with Crippen molar-refractivity contribution in [3.05, 3.63) is 63.6 Å². The SMILES string of the molecule is COC(=O)N[C@H]1C[C@H](n2c(=O)n(C)c3cnc4c(c(Br)c(-c5cn(C)nc5F)n4S(=O)(=O)c4ccccc4)c32)C[C@H]1O[Si](C)(C)C(C)(C)C. The molecule has 1 saturated carbocycles. The lowest BCUT2D eigenvalue weighted by Gasteiger charge is -2.39. The normalized spacial score (nSPS) is 18.9. The summed E-state index contributed by atoms with van der Waals surface area (Å²) >= 11 is 3.63. The lowest BCUT2D eigenvalue weighted by atomic mass is 10.2. The second kappa shape index (κ2) is 12.2. The van der Waals surface area contributed by atoms with E-state index in [1.54, 1.807) is 29.8 Å². The molecule has 0 radical (unpaired) electrons. The number of aryl methyl sites for hydroxylation is 2. The van der Waals surface area contributed by atoms with Gasteiger partial charge in [0.15, 0.2) is 14.0 Å². The molecule has 0 bridgehead atoms. The van der Waals surface area contributed by atoms with Crippen molar-refractivity contribution in [3.8, 4) is 11.3 Å². The van der Waals surface area contributed by atoms with Gasteiger partial charge in [0.2, 0.25) is 5.95 Å². The molecule has 262 valence electrons. The van der Waals surface area contributed by atoms with E-state index in [-0.39, 0.29) is 37.0 Å². The van der Waals surface area contributed by atoms with Crippen molar-refractivity contribution in [3.63, 3.8) is 0 Å². The first kappa shape index (κ1) is 35.0. The van der Waals surface area contributed by atoms with Gasteiger partial charge in [-0.25, -0.2) is 27.0 Å². The minimum absolute atomic E-state index is 0.00265. The molecule has 5 aromatic rings. The second-order valence-corrected chi connectivity index (χ2v) is 21.3. The van der Waals surface area contributed by atoms with Crippen molar-refractivity contribution in [2.24, 2.45) is 14.1 Å². The molecule has 13 nitrogen and oxygen atoms in total. The van der Waals surface area contributed by atoms with Crippen LogP contribution in [-0.4, -0.2) is 70.0 Å². The van der Waals surface area contributed by atoms with Crippen LogP contribution in [-0.2, 0) is 33.3 Å². The number of benzene rings is 1. The number of nitrogens with zero attached hydrogens (tertiary/aromatic N) is 6. The topological polar surface area (TPSA) is 144 Å². The Morgan fingerprint density at radius 3 is 2.41 bits per heavy atom. The maximum Gasteiger partial charge on any atom is 0.407 e. The quantitative estimate of drug-likeness (QED) is 0.208. The number of rotatable bonds is 7. The molecule has 1 amide bonds. The monoisotopic (exact) mass is 775 g/mol. The molecule has 49 heavy (non-hydrogen) atoms. The zero-order chi connectivity index (χ0) is 35.8. The number of methoxy groups -OCH3 is 1. The van der Waals surface area contributed by atoms with Crippen LogP contribution in [0.3, 0.4) is 0 Å². The largest absolute Gasteiger partial charge is 0.453 e. The van der Waals surface area contributed by atoms with Crippen LogP contribution in [0.25, 0.3) is 33.3 Å². The Balaban J connectivity index is 1.63. The second-order valence-electron chi connectivity index (χ2n) is 13.9. The lowest BCUT2D eigenvalue weighted by molar-refractivity contribution is 0.133. The Hall–Kier alpha value is -3.80. The van der Waals surface area contributed by atoms with E-state index in [4.69, 9.17) is 9.16 Å². The van der Waals surface area contributed by atoms with Gasteiger partial charge in [-0.15, -0.1) is 5.10 Å². The first-order valence-electron chi connectivity index (χ1n) is 15.7. The number of fused-ring (bicyclic) bond motifs is 3. The van der Waals surface area contributed by atoms with E-state index in [1.807, 2.05) is 0 Å². The zero-order valence-corrected chi connectivity index (χ0v) is 31.9. The van der Waals surface area contributed by atoms with Crippen molar-refractivity contribution in [2.45, 2.75) is 74.8 Å². The summed E-state index contributed by atoms with van der Waals surface area (Å²) in [4.78, 5) is 31.2. The smallest absolute Gasteiger partial charge is 0.407 e. The number of carbonyl (C=O) groups excluding carboxylic acids is 1. The first-order chi connectivity index (χ1) is 22.9. The summed E-state index contributed by atoms with van der Waals surface area (Å²) in [7, 11) is -2.25. The van der Waals surface area contributed by atoms with Crippen LogP contribution in [0.2, 0.25) is 18.1 Å². The van der Waals surface area contributed by atoms with E-state index in [1.165, 1.54) is 47.9 Å². The number of amides is 1. The van der Waals surface area contributed by atoms with Gasteiger partial charge in [-0.2, -0.15) is 4.39 Å². The fourth-order valence-corrected chi connectivity index (χ4v) is 10.1. The molecule has 0 aliphatic heterocycles. The Morgan fingerprint density at radius 1 is 1.14 bits per heavy atom. The molecule has 1 fully saturated rings. The maximum absolute atomic E-state index is 15.4. The Labute approximate surface area is 292 Å². The summed E-state index contributed by atoms with van der Waals surface area (Å²) in [6, 6.07) is 6.84. The molecule has 4 aromatic heterocycles. The van der Waals surface area contributed by atoms with Gasteiger partial charge >= 0.3 is 11.8 Å². The van der Waals surface area contributed by atoms with Gasteiger partial charge in [0.25, 0.3) is 10.0 Å². The van der Waals surface area contributed by atoms with E-state index in [0.29, 0.717) is 29.3 Å². The molecule has 3 atom stereocenters. The lowest BCUT2D eigenvalue weighted by Crippen LogP contribution is -2.49. The van der Waals surface area contributed by atoms with E-state index in [2.05, 4.69) is 65.2 Å². The molecule has 0 saturated heterocycles. The Kier molecular flexibility index (Phi) is 8.73. The zero-order valence-electron chi connectivity index (χ0n) is 28.5. The molecule has 17 heteroatoms. The summed E-state index contributed by atoms with van der Waals surface area (Å²) < 4.78 is 61.5. The van der Waals surface area contributed by atoms with Gasteiger partial charge in [0, 0.05) is 26.3 Å². The molecule has 1 aromatic carbocycles. The van der Waals surface area contributed by atoms with E-state index in [9.17, 15) is 18.0 Å². The number of imidazole rings is 1. The fourth-order valence-electron chi connectivity index (χ4n) is 6.35. The van der Waals surface area contributed by atoms with Crippen LogP contribution >= 0.6 is 15.9 Å². The van der Waals surface area contributed by atoms with E-state index < -0.39 is 48.6 Å². The highest BCUT2D eigenvalue weighted by atomic mass is 79.9. The maximum atomic E-state index is 15.4. The highest BCUT2D eigenvalue weighted by Crippen LogP contribution is 2.46. The molecule has 1 aliphatic carbocycles. The molecular formula is C32H39BrFN7O6SSi. The predicted molar refractivity (Wildman–Crippen MR) is 189 cm³/mol. The van der Waals surface area contributed by atoms with Crippen molar-refractivity contribution >= 4 is 62.4 Å². The van der Waals surface area contributed by atoms with Crippen molar-refractivity contribution in [1.29, 1.82) is 0 Å². The van der Waals surface area contributed by atoms with Gasteiger partial charge in [-0.05, 0) is 59.0 Å². The number of halogens is 2. The third-order valence-corrected chi connectivity index (χ3v) is 16.8. The number of ether oxygens (including phenoxy) is 1. The third-order valence-electron chi connectivity index (χ3n) is 9.84. The van der Waals surface area contributed by atoms with Gasteiger partial charge in [-0.3, -0.25) is 13.8 Å². The van der Waals surface area contributed by atoms with Gasteiger partial charge in [0.1, 0.15) is 0 Å². The van der Waals surface area contributed by atoms with Crippen LogP contribution in [0.1, 0.15) is 39.7 Å². The van der Waals surface area contributed by atoms with Crippen LogP contribution in [0.5, 0.6) is 0 Å². The molecule has 1 N–H and O–H groups in total. The van der Waals surface area contributed by atoms with Crippen molar-refractivity contribution in [1.82, 2.24) is 33.2 Å².